The second-order valence-electron chi connectivity index (χ2n) is 4.14. The Labute approximate surface area is 99.0 Å². The summed E-state index contributed by atoms with van der Waals surface area (Å²) in [5.41, 5.74) is 1.24. The molecule has 4 heteroatoms. The molecule has 1 aromatic heterocycles. The molecule has 1 fully saturated rings. The number of halogens is 1. The highest BCUT2D eigenvalue weighted by molar-refractivity contribution is 9.10. The lowest BCUT2D eigenvalue weighted by atomic mass is 10.2. The summed E-state index contributed by atoms with van der Waals surface area (Å²) in [4.78, 5) is 6.51. The van der Waals surface area contributed by atoms with Gasteiger partial charge in [-0.3, -0.25) is 4.98 Å². The molecule has 1 unspecified atom stereocenters. The molecule has 2 heterocycles. The number of aromatic nitrogens is 1. The molecule has 0 aliphatic carbocycles. The zero-order chi connectivity index (χ0) is 10.7. The van der Waals surface area contributed by atoms with Crippen molar-refractivity contribution < 1.29 is 0 Å². The van der Waals surface area contributed by atoms with Crippen molar-refractivity contribution in [2.45, 2.75) is 19.0 Å². The van der Waals surface area contributed by atoms with Gasteiger partial charge in [0.25, 0.3) is 0 Å². The minimum Gasteiger partial charge on any atom is -0.309 e. The lowest BCUT2D eigenvalue weighted by Gasteiger charge is -2.12. The molecule has 15 heavy (non-hydrogen) atoms. The third-order valence-electron chi connectivity index (χ3n) is 2.75. The first-order valence-electron chi connectivity index (χ1n) is 5.25. The normalized spacial score (nSPS) is 22.1. The number of hydrogen-bond donors (Lipinski definition) is 1. The second kappa shape index (κ2) is 5.05. The predicted octanol–water partition coefficient (Wildman–Crippen LogP) is 1.64. The molecular weight excluding hydrogens is 254 g/mol. The molecule has 0 aromatic carbocycles. The summed E-state index contributed by atoms with van der Waals surface area (Å²) in [6.45, 7) is 3.26. The van der Waals surface area contributed by atoms with Crippen LogP contribution in [0.25, 0.3) is 0 Å². The molecule has 0 radical (unpaired) electrons. The second-order valence-corrected chi connectivity index (χ2v) is 5.06. The van der Waals surface area contributed by atoms with E-state index in [1.165, 1.54) is 18.5 Å². The smallest absolute Gasteiger partial charge is 0.0410 e. The van der Waals surface area contributed by atoms with Gasteiger partial charge in [-0.25, -0.2) is 0 Å². The van der Waals surface area contributed by atoms with Crippen LogP contribution in [0, 0.1) is 0 Å². The van der Waals surface area contributed by atoms with Crippen LogP contribution < -0.4 is 5.32 Å². The Bertz CT molecular complexity index is 329. The number of likely N-dealkylation sites (tertiary alicyclic amines) is 1. The van der Waals surface area contributed by atoms with Crippen molar-refractivity contribution in [3.05, 3.63) is 28.5 Å². The van der Waals surface area contributed by atoms with Gasteiger partial charge in [-0.1, -0.05) is 0 Å². The molecule has 82 valence electrons. The number of likely N-dealkylation sites (N-methyl/N-ethyl adjacent to an activating group) is 1. The number of nitrogens with zero attached hydrogens (tertiary/aromatic N) is 2. The highest BCUT2D eigenvalue weighted by Crippen LogP contribution is 2.11. The molecule has 0 bridgehead atoms. The summed E-state index contributed by atoms with van der Waals surface area (Å²) < 4.78 is 1.05. The van der Waals surface area contributed by atoms with Crippen LogP contribution in [-0.2, 0) is 6.54 Å². The summed E-state index contributed by atoms with van der Waals surface area (Å²) in [7, 11) is 2.17. The molecule has 0 spiro atoms. The Balaban J connectivity index is 1.83. The summed E-state index contributed by atoms with van der Waals surface area (Å²) in [6, 6.07) is 2.74. The lowest BCUT2D eigenvalue weighted by Crippen LogP contribution is -2.30. The van der Waals surface area contributed by atoms with Crippen molar-refractivity contribution >= 4 is 15.9 Å². The molecule has 2 rings (SSSR count). The highest BCUT2D eigenvalue weighted by Gasteiger charge is 2.18. The van der Waals surface area contributed by atoms with E-state index in [1.807, 2.05) is 12.4 Å². The maximum Gasteiger partial charge on any atom is 0.0410 e. The van der Waals surface area contributed by atoms with E-state index in [-0.39, 0.29) is 0 Å². The van der Waals surface area contributed by atoms with Crippen molar-refractivity contribution in [1.29, 1.82) is 0 Å². The van der Waals surface area contributed by atoms with Gasteiger partial charge >= 0.3 is 0 Å². The molecule has 1 aromatic rings. The topological polar surface area (TPSA) is 28.2 Å². The summed E-state index contributed by atoms with van der Waals surface area (Å²) in [5.74, 6) is 0. The molecule has 1 aliphatic rings. The summed E-state index contributed by atoms with van der Waals surface area (Å²) >= 11 is 3.43. The average molecular weight is 270 g/mol. The van der Waals surface area contributed by atoms with Gasteiger partial charge < -0.3 is 10.2 Å². The first-order chi connectivity index (χ1) is 7.24. The van der Waals surface area contributed by atoms with E-state index in [0.29, 0.717) is 6.04 Å². The van der Waals surface area contributed by atoms with Crippen molar-refractivity contribution in [3.8, 4) is 0 Å². The van der Waals surface area contributed by atoms with Crippen LogP contribution >= 0.6 is 15.9 Å². The maximum absolute atomic E-state index is 4.15. The standard InChI is InChI=1S/C11H16BrN3/c1-15-3-2-11(8-15)14-6-9-4-10(12)7-13-5-9/h4-5,7,11,14H,2-3,6,8H2,1H3. The van der Waals surface area contributed by atoms with Crippen molar-refractivity contribution in [2.24, 2.45) is 0 Å². The lowest BCUT2D eigenvalue weighted by molar-refractivity contribution is 0.397. The Hall–Kier alpha value is -0.450. The molecule has 1 N–H and O–H groups in total. The Morgan fingerprint density at radius 1 is 1.60 bits per heavy atom. The number of hydrogen-bond acceptors (Lipinski definition) is 3. The number of nitrogens with one attached hydrogen (secondary N) is 1. The fourth-order valence-electron chi connectivity index (χ4n) is 1.92. The van der Waals surface area contributed by atoms with Crippen LogP contribution in [-0.4, -0.2) is 36.1 Å². The third kappa shape index (κ3) is 3.26. The molecule has 1 atom stereocenters. The zero-order valence-corrected chi connectivity index (χ0v) is 10.5. The predicted molar refractivity (Wildman–Crippen MR) is 64.7 cm³/mol. The van der Waals surface area contributed by atoms with Gasteiger partial charge in [0.05, 0.1) is 0 Å². The van der Waals surface area contributed by atoms with Crippen LogP contribution in [0.5, 0.6) is 0 Å². The minimum absolute atomic E-state index is 0.633. The van der Waals surface area contributed by atoms with Crippen LogP contribution in [0.4, 0.5) is 0 Å². The van der Waals surface area contributed by atoms with Crippen LogP contribution in [0.1, 0.15) is 12.0 Å². The number of rotatable bonds is 3. The summed E-state index contributed by atoms with van der Waals surface area (Å²) in [5, 5.41) is 3.55. The molecular formula is C11H16BrN3. The van der Waals surface area contributed by atoms with E-state index in [4.69, 9.17) is 0 Å². The molecule has 3 nitrogen and oxygen atoms in total. The van der Waals surface area contributed by atoms with E-state index >= 15 is 0 Å². The van der Waals surface area contributed by atoms with Crippen molar-refractivity contribution in [2.75, 3.05) is 20.1 Å². The van der Waals surface area contributed by atoms with Gasteiger partial charge in [-0.15, -0.1) is 0 Å². The van der Waals surface area contributed by atoms with Crippen molar-refractivity contribution in [1.82, 2.24) is 15.2 Å². The van der Waals surface area contributed by atoms with Gasteiger partial charge in [0.2, 0.25) is 0 Å². The quantitative estimate of drug-likeness (QED) is 0.905. The van der Waals surface area contributed by atoms with Gasteiger partial charge in [0.15, 0.2) is 0 Å². The van der Waals surface area contributed by atoms with E-state index in [1.54, 1.807) is 0 Å². The largest absolute Gasteiger partial charge is 0.309 e. The zero-order valence-electron chi connectivity index (χ0n) is 8.91. The Kier molecular flexibility index (Phi) is 3.72. The van der Waals surface area contributed by atoms with Crippen molar-refractivity contribution in [3.63, 3.8) is 0 Å². The third-order valence-corrected chi connectivity index (χ3v) is 3.18. The van der Waals surface area contributed by atoms with Crippen LogP contribution in [0.15, 0.2) is 22.9 Å². The first kappa shape index (κ1) is 11.0. The van der Waals surface area contributed by atoms with Gasteiger partial charge in [0, 0.05) is 36.0 Å². The van der Waals surface area contributed by atoms with Crippen LogP contribution in [0.3, 0.4) is 0 Å². The summed E-state index contributed by atoms with van der Waals surface area (Å²) in [6.07, 6.45) is 4.97. The highest BCUT2D eigenvalue weighted by atomic mass is 79.9. The fraction of sp³-hybridized carbons (Fsp3) is 0.545. The minimum atomic E-state index is 0.633. The van der Waals surface area contributed by atoms with E-state index in [0.717, 1.165) is 17.6 Å². The van der Waals surface area contributed by atoms with Gasteiger partial charge in [0.1, 0.15) is 0 Å². The van der Waals surface area contributed by atoms with E-state index < -0.39 is 0 Å². The SMILES string of the molecule is CN1CCC(NCc2cncc(Br)c2)C1. The maximum atomic E-state index is 4.15. The Morgan fingerprint density at radius 3 is 3.13 bits per heavy atom. The van der Waals surface area contributed by atoms with Gasteiger partial charge in [-0.2, -0.15) is 0 Å². The molecule has 1 aliphatic heterocycles. The molecule has 0 saturated carbocycles. The van der Waals surface area contributed by atoms with Crippen LogP contribution in [0.2, 0.25) is 0 Å². The van der Waals surface area contributed by atoms with Gasteiger partial charge in [-0.05, 0) is 47.6 Å². The first-order valence-corrected chi connectivity index (χ1v) is 6.05. The van der Waals surface area contributed by atoms with E-state index in [2.05, 4.69) is 44.2 Å². The van der Waals surface area contributed by atoms with E-state index in [9.17, 15) is 0 Å². The molecule has 0 amide bonds. The fourth-order valence-corrected chi connectivity index (χ4v) is 2.33. The monoisotopic (exact) mass is 269 g/mol. The number of pyridine rings is 1. The average Bonchev–Trinajstić information content (AvgIpc) is 2.62. The molecule has 1 saturated heterocycles. The Morgan fingerprint density at radius 2 is 2.47 bits per heavy atom.